The summed E-state index contributed by atoms with van der Waals surface area (Å²) in [5.41, 5.74) is -0.106. The molecule has 0 aromatic rings. The van der Waals surface area contributed by atoms with Gasteiger partial charge in [-0.15, -0.1) is 6.58 Å². The van der Waals surface area contributed by atoms with Crippen LogP contribution >= 0.6 is 0 Å². The third-order valence-corrected chi connectivity index (χ3v) is 4.05. The molecule has 2 unspecified atom stereocenters. The van der Waals surface area contributed by atoms with Crippen molar-refractivity contribution in [2.75, 3.05) is 26.3 Å². The lowest BCUT2D eigenvalue weighted by Crippen LogP contribution is -2.57. The van der Waals surface area contributed by atoms with Gasteiger partial charge in [0.1, 0.15) is 0 Å². The molecule has 3 nitrogen and oxygen atoms in total. The number of rotatable bonds is 7. The molecule has 2 atom stereocenters. The Morgan fingerprint density at radius 1 is 1.47 bits per heavy atom. The van der Waals surface area contributed by atoms with Crippen LogP contribution < -0.4 is 0 Å². The Kier molecular flexibility index (Phi) is 6.17. The second-order valence-corrected chi connectivity index (χ2v) is 5.05. The Balaban J connectivity index is 2.54. The van der Waals surface area contributed by atoms with Crippen molar-refractivity contribution in [3.8, 4) is 0 Å². The van der Waals surface area contributed by atoms with Crippen LogP contribution in [-0.4, -0.2) is 48.0 Å². The summed E-state index contributed by atoms with van der Waals surface area (Å²) >= 11 is 0. The number of nitrogens with zero attached hydrogens (tertiary/aromatic N) is 1. The zero-order chi connectivity index (χ0) is 12.7. The number of hydrogen-bond acceptors (Lipinski definition) is 3. The van der Waals surface area contributed by atoms with Crippen LogP contribution in [0.3, 0.4) is 0 Å². The zero-order valence-corrected chi connectivity index (χ0v) is 11.3. The molecule has 0 radical (unpaired) electrons. The van der Waals surface area contributed by atoms with Crippen LogP contribution in [-0.2, 0) is 4.74 Å². The standard InChI is InChI=1S/C14H27NO2/c1-4-6-7-8-13(16)14(3,5-2)15-9-11-17-12-10-15/h4,13,16H,1,5-12H2,2-3H3. The van der Waals surface area contributed by atoms with Gasteiger partial charge in [-0.3, -0.25) is 4.90 Å². The quantitative estimate of drug-likeness (QED) is 0.548. The lowest BCUT2D eigenvalue weighted by Gasteiger charge is -2.46. The molecule has 3 heteroatoms. The van der Waals surface area contributed by atoms with Crippen molar-refractivity contribution in [1.29, 1.82) is 0 Å². The van der Waals surface area contributed by atoms with Crippen LogP contribution in [0.5, 0.6) is 0 Å². The largest absolute Gasteiger partial charge is 0.391 e. The van der Waals surface area contributed by atoms with Crippen molar-refractivity contribution in [3.63, 3.8) is 0 Å². The fraction of sp³-hybridized carbons (Fsp3) is 0.857. The van der Waals surface area contributed by atoms with E-state index in [0.29, 0.717) is 0 Å². The van der Waals surface area contributed by atoms with Gasteiger partial charge in [-0.2, -0.15) is 0 Å². The number of ether oxygens (including phenoxy) is 1. The second kappa shape index (κ2) is 7.14. The van der Waals surface area contributed by atoms with E-state index in [4.69, 9.17) is 4.74 Å². The van der Waals surface area contributed by atoms with Gasteiger partial charge in [-0.1, -0.05) is 13.0 Å². The summed E-state index contributed by atoms with van der Waals surface area (Å²) in [6.45, 7) is 11.5. The fourth-order valence-corrected chi connectivity index (χ4v) is 2.51. The number of morpholine rings is 1. The molecule has 1 saturated heterocycles. The molecular weight excluding hydrogens is 214 g/mol. The minimum absolute atomic E-state index is 0.106. The average molecular weight is 241 g/mol. The molecule has 0 aromatic carbocycles. The normalized spacial score (nSPS) is 23.0. The second-order valence-electron chi connectivity index (χ2n) is 5.05. The third-order valence-electron chi connectivity index (χ3n) is 4.05. The van der Waals surface area contributed by atoms with E-state index in [1.54, 1.807) is 0 Å². The van der Waals surface area contributed by atoms with Crippen LogP contribution in [0.15, 0.2) is 12.7 Å². The van der Waals surface area contributed by atoms with Crippen molar-refractivity contribution < 1.29 is 9.84 Å². The number of unbranched alkanes of at least 4 members (excludes halogenated alkanes) is 1. The van der Waals surface area contributed by atoms with Crippen LogP contribution in [0.4, 0.5) is 0 Å². The summed E-state index contributed by atoms with van der Waals surface area (Å²) in [6.07, 6.45) is 5.50. The summed E-state index contributed by atoms with van der Waals surface area (Å²) in [5, 5.41) is 10.4. The summed E-state index contributed by atoms with van der Waals surface area (Å²) in [5.74, 6) is 0. The van der Waals surface area contributed by atoms with Crippen molar-refractivity contribution >= 4 is 0 Å². The van der Waals surface area contributed by atoms with E-state index in [0.717, 1.165) is 52.0 Å². The molecule has 100 valence electrons. The van der Waals surface area contributed by atoms with Gasteiger partial charge in [0.25, 0.3) is 0 Å². The Hall–Kier alpha value is -0.380. The van der Waals surface area contributed by atoms with Crippen LogP contribution in [0.25, 0.3) is 0 Å². The monoisotopic (exact) mass is 241 g/mol. The number of aliphatic hydroxyl groups excluding tert-OH is 1. The predicted octanol–water partition coefficient (Wildman–Crippen LogP) is 2.20. The van der Waals surface area contributed by atoms with Crippen molar-refractivity contribution in [1.82, 2.24) is 4.90 Å². The van der Waals surface area contributed by atoms with E-state index < -0.39 is 0 Å². The molecule has 1 N–H and O–H groups in total. The maximum atomic E-state index is 10.4. The first-order valence-electron chi connectivity index (χ1n) is 6.77. The van der Waals surface area contributed by atoms with Gasteiger partial charge in [0.2, 0.25) is 0 Å². The molecule has 0 amide bonds. The minimum atomic E-state index is -0.259. The molecular formula is C14H27NO2. The van der Waals surface area contributed by atoms with Gasteiger partial charge >= 0.3 is 0 Å². The molecule has 0 aliphatic carbocycles. The topological polar surface area (TPSA) is 32.7 Å². The zero-order valence-electron chi connectivity index (χ0n) is 11.3. The maximum absolute atomic E-state index is 10.4. The summed E-state index contributed by atoms with van der Waals surface area (Å²) < 4.78 is 5.38. The highest BCUT2D eigenvalue weighted by Gasteiger charge is 2.37. The van der Waals surface area contributed by atoms with Crippen LogP contribution in [0.1, 0.15) is 39.5 Å². The smallest absolute Gasteiger partial charge is 0.0721 e. The predicted molar refractivity (Wildman–Crippen MR) is 71.1 cm³/mol. The Labute approximate surface area is 105 Å². The third kappa shape index (κ3) is 3.80. The molecule has 0 spiro atoms. The number of aliphatic hydroxyl groups is 1. The van der Waals surface area contributed by atoms with Crippen molar-refractivity contribution in [2.45, 2.75) is 51.2 Å². The molecule has 0 bridgehead atoms. The van der Waals surface area contributed by atoms with Gasteiger partial charge in [0, 0.05) is 18.6 Å². The van der Waals surface area contributed by atoms with Crippen molar-refractivity contribution in [2.24, 2.45) is 0 Å². The van der Waals surface area contributed by atoms with Gasteiger partial charge in [0.05, 0.1) is 19.3 Å². The Bertz CT molecular complexity index is 226. The molecule has 17 heavy (non-hydrogen) atoms. The minimum Gasteiger partial charge on any atom is -0.391 e. The highest BCUT2D eigenvalue weighted by atomic mass is 16.5. The lowest BCUT2D eigenvalue weighted by atomic mass is 9.86. The van der Waals surface area contributed by atoms with E-state index in [1.807, 2.05) is 6.08 Å². The van der Waals surface area contributed by atoms with Gasteiger partial charge in [0.15, 0.2) is 0 Å². The highest BCUT2D eigenvalue weighted by Crippen LogP contribution is 2.27. The van der Waals surface area contributed by atoms with Gasteiger partial charge < -0.3 is 9.84 Å². The Morgan fingerprint density at radius 3 is 2.65 bits per heavy atom. The SMILES string of the molecule is C=CCCCC(O)C(C)(CC)N1CCOCC1. The first kappa shape index (κ1) is 14.7. The number of hydrogen-bond donors (Lipinski definition) is 1. The molecule has 1 heterocycles. The summed E-state index contributed by atoms with van der Waals surface area (Å²) in [4.78, 5) is 2.38. The van der Waals surface area contributed by atoms with Gasteiger partial charge in [-0.05, 0) is 32.6 Å². The molecule has 1 aliphatic rings. The molecule has 0 saturated carbocycles. The number of allylic oxidation sites excluding steroid dienone is 1. The first-order chi connectivity index (χ1) is 8.15. The van der Waals surface area contributed by atoms with E-state index in [9.17, 15) is 5.11 Å². The van der Waals surface area contributed by atoms with E-state index >= 15 is 0 Å². The molecule has 0 aromatic heterocycles. The average Bonchev–Trinajstić information content (AvgIpc) is 2.39. The van der Waals surface area contributed by atoms with Crippen LogP contribution in [0, 0.1) is 0 Å². The Morgan fingerprint density at radius 2 is 2.12 bits per heavy atom. The van der Waals surface area contributed by atoms with E-state index in [2.05, 4.69) is 25.3 Å². The van der Waals surface area contributed by atoms with Gasteiger partial charge in [-0.25, -0.2) is 0 Å². The summed E-state index contributed by atoms with van der Waals surface area (Å²) in [7, 11) is 0. The first-order valence-corrected chi connectivity index (χ1v) is 6.77. The van der Waals surface area contributed by atoms with E-state index in [1.165, 1.54) is 0 Å². The van der Waals surface area contributed by atoms with Crippen molar-refractivity contribution in [3.05, 3.63) is 12.7 Å². The maximum Gasteiger partial charge on any atom is 0.0721 e. The molecule has 1 aliphatic heterocycles. The highest BCUT2D eigenvalue weighted by molar-refractivity contribution is 4.93. The molecule has 1 rings (SSSR count). The van der Waals surface area contributed by atoms with Crippen LogP contribution in [0.2, 0.25) is 0 Å². The summed E-state index contributed by atoms with van der Waals surface area (Å²) in [6, 6.07) is 0. The fourth-order valence-electron chi connectivity index (χ4n) is 2.51. The van der Waals surface area contributed by atoms with E-state index in [-0.39, 0.29) is 11.6 Å². The lowest BCUT2D eigenvalue weighted by molar-refractivity contribution is -0.0743. The molecule has 1 fully saturated rings.